The molecule has 0 saturated carbocycles. The van der Waals surface area contributed by atoms with Gasteiger partial charge in [-0.1, -0.05) is 6.07 Å². The summed E-state index contributed by atoms with van der Waals surface area (Å²) in [6.45, 7) is 2.67. The fourth-order valence-electron chi connectivity index (χ4n) is 1.74. The van der Waals surface area contributed by atoms with Gasteiger partial charge in [-0.3, -0.25) is 4.98 Å². The van der Waals surface area contributed by atoms with Gasteiger partial charge in [0.2, 0.25) is 0 Å². The summed E-state index contributed by atoms with van der Waals surface area (Å²) in [5.74, 6) is 1.58. The van der Waals surface area contributed by atoms with Gasteiger partial charge in [-0.05, 0) is 30.7 Å². The van der Waals surface area contributed by atoms with Crippen molar-refractivity contribution < 1.29 is 9.47 Å². The van der Waals surface area contributed by atoms with Crippen LogP contribution in [0.2, 0.25) is 0 Å². The van der Waals surface area contributed by atoms with Crippen molar-refractivity contribution in [2.75, 3.05) is 19.5 Å². The molecule has 4 nitrogen and oxygen atoms in total. The zero-order valence-corrected chi connectivity index (χ0v) is 11.4. The maximum atomic E-state index is 5.31. The van der Waals surface area contributed by atoms with Gasteiger partial charge in [0.1, 0.15) is 11.5 Å². The van der Waals surface area contributed by atoms with Gasteiger partial charge in [-0.25, -0.2) is 0 Å². The summed E-state index contributed by atoms with van der Waals surface area (Å²) in [6, 6.07) is 9.71. The first-order valence-corrected chi connectivity index (χ1v) is 6.10. The van der Waals surface area contributed by atoms with Crippen molar-refractivity contribution in [1.29, 1.82) is 0 Å². The van der Waals surface area contributed by atoms with Crippen molar-refractivity contribution in [3.63, 3.8) is 0 Å². The lowest BCUT2D eigenvalue weighted by molar-refractivity contribution is 0.404. The first-order chi connectivity index (χ1) is 9.22. The zero-order valence-electron chi connectivity index (χ0n) is 11.4. The van der Waals surface area contributed by atoms with Crippen LogP contribution in [0.25, 0.3) is 0 Å². The average Bonchev–Trinajstić information content (AvgIpc) is 2.46. The second-order valence-electron chi connectivity index (χ2n) is 4.25. The SMILES string of the molecule is COc1ccc(OC)c(NCc2ccc(C)cn2)c1. The topological polar surface area (TPSA) is 43.4 Å². The van der Waals surface area contributed by atoms with Crippen LogP contribution in [0.3, 0.4) is 0 Å². The number of methoxy groups -OCH3 is 2. The van der Waals surface area contributed by atoms with Crippen molar-refractivity contribution >= 4 is 5.69 Å². The van der Waals surface area contributed by atoms with Gasteiger partial charge >= 0.3 is 0 Å². The molecule has 0 aliphatic heterocycles. The Hall–Kier alpha value is -2.23. The number of aryl methyl sites for hydroxylation is 1. The average molecular weight is 258 g/mol. The minimum atomic E-state index is 0.643. The van der Waals surface area contributed by atoms with E-state index >= 15 is 0 Å². The minimum Gasteiger partial charge on any atom is -0.497 e. The summed E-state index contributed by atoms with van der Waals surface area (Å²) in [5.41, 5.74) is 3.03. The summed E-state index contributed by atoms with van der Waals surface area (Å²) in [6.07, 6.45) is 1.86. The molecular formula is C15H18N2O2. The van der Waals surface area contributed by atoms with Gasteiger partial charge in [0.05, 0.1) is 32.1 Å². The van der Waals surface area contributed by atoms with Crippen LogP contribution in [0.5, 0.6) is 11.5 Å². The maximum absolute atomic E-state index is 5.31. The van der Waals surface area contributed by atoms with Gasteiger partial charge in [-0.15, -0.1) is 0 Å². The second-order valence-corrected chi connectivity index (χ2v) is 4.25. The summed E-state index contributed by atoms with van der Waals surface area (Å²) in [4.78, 5) is 4.36. The van der Waals surface area contributed by atoms with E-state index in [1.165, 1.54) is 0 Å². The van der Waals surface area contributed by atoms with E-state index in [4.69, 9.17) is 9.47 Å². The van der Waals surface area contributed by atoms with Crippen LogP contribution in [0.1, 0.15) is 11.3 Å². The van der Waals surface area contributed by atoms with Crippen LogP contribution in [-0.4, -0.2) is 19.2 Å². The van der Waals surface area contributed by atoms with Crippen LogP contribution in [0, 0.1) is 6.92 Å². The molecule has 1 heterocycles. The predicted molar refractivity (Wildman–Crippen MR) is 75.8 cm³/mol. The van der Waals surface area contributed by atoms with Gasteiger partial charge in [-0.2, -0.15) is 0 Å². The lowest BCUT2D eigenvalue weighted by atomic mass is 10.2. The molecule has 1 aromatic heterocycles. The zero-order chi connectivity index (χ0) is 13.7. The first-order valence-electron chi connectivity index (χ1n) is 6.10. The smallest absolute Gasteiger partial charge is 0.142 e. The normalized spacial score (nSPS) is 10.1. The summed E-state index contributed by atoms with van der Waals surface area (Å²) >= 11 is 0. The molecule has 0 amide bonds. The number of pyridine rings is 1. The van der Waals surface area contributed by atoms with Crippen molar-refractivity contribution in [3.05, 3.63) is 47.8 Å². The molecule has 0 radical (unpaired) electrons. The first kappa shape index (κ1) is 13.2. The number of nitrogens with one attached hydrogen (secondary N) is 1. The third-order valence-corrected chi connectivity index (χ3v) is 2.84. The number of ether oxygens (including phenoxy) is 2. The molecule has 0 fully saturated rings. The van der Waals surface area contributed by atoms with Crippen LogP contribution in [0.15, 0.2) is 36.5 Å². The van der Waals surface area contributed by atoms with Gasteiger partial charge in [0.15, 0.2) is 0 Å². The minimum absolute atomic E-state index is 0.643. The highest BCUT2D eigenvalue weighted by Gasteiger charge is 2.05. The molecule has 1 N–H and O–H groups in total. The molecule has 0 saturated heterocycles. The number of anilines is 1. The fraction of sp³-hybridized carbons (Fsp3) is 0.267. The molecule has 19 heavy (non-hydrogen) atoms. The van der Waals surface area contributed by atoms with Crippen LogP contribution >= 0.6 is 0 Å². The number of nitrogens with zero attached hydrogens (tertiary/aromatic N) is 1. The fourth-order valence-corrected chi connectivity index (χ4v) is 1.74. The Morgan fingerprint density at radius 3 is 2.58 bits per heavy atom. The molecule has 2 rings (SSSR count). The Morgan fingerprint density at radius 1 is 1.11 bits per heavy atom. The lowest BCUT2D eigenvalue weighted by Crippen LogP contribution is -2.03. The van der Waals surface area contributed by atoms with Crippen LogP contribution in [0.4, 0.5) is 5.69 Å². The summed E-state index contributed by atoms with van der Waals surface area (Å²) < 4.78 is 10.5. The second kappa shape index (κ2) is 6.09. The van der Waals surface area contributed by atoms with Crippen LogP contribution in [-0.2, 0) is 6.54 Å². The van der Waals surface area contributed by atoms with Crippen molar-refractivity contribution in [2.45, 2.75) is 13.5 Å². The van der Waals surface area contributed by atoms with E-state index in [-0.39, 0.29) is 0 Å². The Kier molecular flexibility index (Phi) is 4.23. The number of hydrogen-bond acceptors (Lipinski definition) is 4. The van der Waals surface area contributed by atoms with E-state index in [1.807, 2.05) is 43.5 Å². The van der Waals surface area contributed by atoms with Crippen molar-refractivity contribution in [3.8, 4) is 11.5 Å². The number of aromatic nitrogens is 1. The Balaban J connectivity index is 2.11. The molecule has 0 atom stereocenters. The van der Waals surface area contributed by atoms with Crippen molar-refractivity contribution in [1.82, 2.24) is 4.98 Å². The lowest BCUT2D eigenvalue weighted by Gasteiger charge is -2.12. The molecule has 0 unspecified atom stereocenters. The molecule has 0 spiro atoms. The number of benzene rings is 1. The van der Waals surface area contributed by atoms with E-state index in [9.17, 15) is 0 Å². The van der Waals surface area contributed by atoms with Gasteiger partial charge < -0.3 is 14.8 Å². The highest BCUT2D eigenvalue weighted by atomic mass is 16.5. The number of hydrogen-bond donors (Lipinski definition) is 1. The monoisotopic (exact) mass is 258 g/mol. The number of rotatable bonds is 5. The highest BCUT2D eigenvalue weighted by molar-refractivity contribution is 5.59. The Labute approximate surface area is 113 Å². The van der Waals surface area contributed by atoms with Crippen LogP contribution < -0.4 is 14.8 Å². The van der Waals surface area contributed by atoms with Gasteiger partial charge in [0.25, 0.3) is 0 Å². The molecule has 1 aromatic carbocycles. The quantitative estimate of drug-likeness (QED) is 0.895. The third kappa shape index (κ3) is 3.37. The molecule has 100 valence electrons. The van der Waals surface area contributed by atoms with E-state index in [0.717, 1.165) is 28.4 Å². The Bertz CT molecular complexity index is 538. The third-order valence-electron chi connectivity index (χ3n) is 2.84. The summed E-state index contributed by atoms with van der Waals surface area (Å²) in [7, 11) is 3.30. The molecule has 0 aliphatic rings. The molecule has 0 bridgehead atoms. The molecular weight excluding hydrogens is 240 g/mol. The van der Waals surface area contributed by atoms with E-state index in [1.54, 1.807) is 14.2 Å². The van der Waals surface area contributed by atoms with Crippen molar-refractivity contribution in [2.24, 2.45) is 0 Å². The summed E-state index contributed by atoms with van der Waals surface area (Å²) in [5, 5.41) is 3.31. The molecule has 2 aromatic rings. The van der Waals surface area contributed by atoms with Gasteiger partial charge in [0, 0.05) is 12.3 Å². The standard InChI is InChI=1S/C15H18N2O2/c1-11-4-5-12(16-9-11)10-17-14-8-13(18-2)6-7-15(14)19-3/h4-9,17H,10H2,1-3H3. The van der Waals surface area contributed by atoms with E-state index in [0.29, 0.717) is 6.54 Å². The molecule has 0 aliphatic carbocycles. The predicted octanol–water partition coefficient (Wildman–Crippen LogP) is 3.02. The maximum Gasteiger partial charge on any atom is 0.142 e. The molecule has 4 heteroatoms. The largest absolute Gasteiger partial charge is 0.497 e. The van der Waals surface area contributed by atoms with E-state index < -0.39 is 0 Å². The highest BCUT2D eigenvalue weighted by Crippen LogP contribution is 2.29. The Morgan fingerprint density at radius 2 is 1.95 bits per heavy atom. The van der Waals surface area contributed by atoms with E-state index in [2.05, 4.69) is 10.3 Å².